The average Bonchev–Trinajstić information content (AvgIpc) is 2.88. The van der Waals surface area contributed by atoms with Crippen LogP contribution in [0.4, 0.5) is 0 Å². The van der Waals surface area contributed by atoms with Gasteiger partial charge in [-0.1, -0.05) is 18.2 Å². The van der Waals surface area contributed by atoms with Crippen LogP contribution in [0.1, 0.15) is 5.89 Å². The van der Waals surface area contributed by atoms with Crippen LogP contribution in [0.5, 0.6) is 0 Å². The van der Waals surface area contributed by atoms with Crippen molar-refractivity contribution in [3.63, 3.8) is 0 Å². The maximum atomic E-state index is 11.6. The van der Waals surface area contributed by atoms with Crippen LogP contribution in [0.15, 0.2) is 34.7 Å². The van der Waals surface area contributed by atoms with Gasteiger partial charge in [-0.05, 0) is 19.2 Å². The van der Waals surface area contributed by atoms with Gasteiger partial charge >= 0.3 is 0 Å². The molecule has 6 heteroatoms. The minimum Gasteiger partial charge on any atom is -0.419 e. The van der Waals surface area contributed by atoms with Crippen molar-refractivity contribution in [2.75, 3.05) is 27.7 Å². The number of likely N-dealkylation sites (N-methyl/N-ethyl adjacent to an activating group) is 2. The van der Waals surface area contributed by atoms with Gasteiger partial charge in [0.25, 0.3) is 0 Å². The monoisotopic (exact) mass is 274 g/mol. The van der Waals surface area contributed by atoms with E-state index in [2.05, 4.69) is 10.2 Å². The summed E-state index contributed by atoms with van der Waals surface area (Å²) < 4.78 is 5.59. The Hall–Kier alpha value is -2.21. The molecule has 0 spiro atoms. The van der Waals surface area contributed by atoms with Gasteiger partial charge in [-0.3, -0.25) is 9.69 Å². The van der Waals surface area contributed by atoms with Crippen LogP contribution in [-0.2, 0) is 11.3 Å². The number of amides is 1. The van der Waals surface area contributed by atoms with Crippen molar-refractivity contribution >= 4 is 5.91 Å². The summed E-state index contributed by atoms with van der Waals surface area (Å²) >= 11 is 0. The molecular weight excluding hydrogens is 256 g/mol. The normalized spacial score (nSPS) is 10.8. The summed E-state index contributed by atoms with van der Waals surface area (Å²) in [6.07, 6.45) is 0. The number of hydrogen-bond acceptors (Lipinski definition) is 5. The second kappa shape index (κ2) is 6.29. The zero-order valence-corrected chi connectivity index (χ0v) is 11.9. The molecule has 0 aliphatic rings. The van der Waals surface area contributed by atoms with Crippen molar-refractivity contribution in [3.05, 3.63) is 36.2 Å². The Morgan fingerprint density at radius 1 is 1.15 bits per heavy atom. The third-order valence-electron chi connectivity index (χ3n) is 2.80. The molecular formula is C14H18N4O2. The topological polar surface area (TPSA) is 62.5 Å². The number of aromatic nitrogens is 2. The highest BCUT2D eigenvalue weighted by Crippen LogP contribution is 2.17. The van der Waals surface area contributed by atoms with E-state index in [-0.39, 0.29) is 5.91 Å². The lowest BCUT2D eigenvalue weighted by molar-refractivity contribution is -0.129. The van der Waals surface area contributed by atoms with Crippen molar-refractivity contribution in [2.45, 2.75) is 6.54 Å². The first-order valence-corrected chi connectivity index (χ1v) is 6.33. The molecule has 0 aliphatic heterocycles. The summed E-state index contributed by atoms with van der Waals surface area (Å²) in [7, 11) is 5.31. The molecule has 0 saturated heterocycles. The maximum Gasteiger partial charge on any atom is 0.247 e. The zero-order chi connectivity index (χ0) is 14.5. The highest BCUT2D eigenvalue weighted by Gasteiger charge is 2.13. The summed E-state index contributed by atoms with van der Waals surface area (Å²) in [6, 6.07) is 9.59. The van der Waals surface area contributed by atoms with Gasteiger partial charge < -0.3 is 9.32 Å². The molecule has 0 fully saturated rings. The van der Waals surface area contributed by atoms with Gasteiger partial charge in [0.15, 0.2) is 0 Å². The van der Waals surface area contributed by atoms with Crippen molar-refractivity contribution in [1.82, 2.24) is 20.0 Å². The molecule has 1 aromatic carbocycles. The maximum absolute atomic E-state index is 11.6. The zero-order valence-electron chi connectivity index (χ0n) is 11.9. The molecule has 0 unspecified atom stereocenters. The third kappa shape index (κ3) is 3.64. The summed E-state index contributed by atoms with van der Waals surface area (Å²) in [4.78, 5) is 15.0. The Labute approximate surface area is 118 Å². The second-order valence-corrected chi connectivity index (χ2v) is 4.83. The smallest absolute Gasteiger partial charge is 0.247 e. The SMILES string of the molecule is CN(CC(=O)N(C)C)Cc1nnc(-c2ccccc2)o1. The van der Waals surface area contributed by atoms with Crippen LogP contribution in [-0.4, -0.2) is 53.6 Å². The van der Waals surface area contributed by atoms with Crippen LogP contribution in [0.2, 0.25) is 0 Å². The highest BCUT2D eigenvalue weighted by molar-refractivity contribution is 5.77. The van der Waals surface area contributed by atoms with Crippen LogP contribution in [0.3, 0.4) is 0 Å². The fraction of sp³-hybridized carbons (Fsp3) is 0.357. The van der Waals surface area contributed by atoms with Gasteiger partial charge in [0.1, 0.15) is 0 Å². The molecule has 106 valence electrons. The Bertz CT molecular complexity index is 566. The van der Waals surface area contributed by atoms with E-state index in [1.54, 1.807) is 19.0 Å². The molecule has 1 amide bonds. The average molecular weight is 274 g/mol. The minimum atomic E-state index is 0.0373. The standard InChI is InChI=1S/C14H18N4O2/c1-17(2)13(19)10-18(3)9-12-15-16-14(20-12)11-7-5-4-6-8-11/h4-8H,9-10H2,1-3H3. The van der Waals surface area contributed by atoms with E-state index in [4.69, 9.17) is 4.42 Å². The fourth-order valence-electron chi connectivity index (χ4n) is 1.67. The Balaban J connectivity index is 1.98. The number of nitrogens with zero attached hydrogens (tertiary/aromatic N) is 4. The minimum absolute atomic E-state index is 0.0373. The van der Waals surface area contributed by atoms with E-state index >= 15 is 0 Å². The predicted molar refractivity (Wildman–Crippen MR) is 74.8 cm³/mol. The summed E-state index contributed by atoms with van der Waals surface area (Å²) in [6.45, 7) is 0.759. The largest absolute Gasteiger partial charge is 0.419 e. The molecule has 0 aliphatic carbocycles. The van der Waals surface area contributed by atoms with Crippen LogP contribution in [0, 0.1) is 0 Å². The molecule has 0 bridgehead atoms. The Morgan fingerprint density at radius 3 is 2.50 bits per heavy atom. The molecule has 20 heavy (non-hydrogen) atoms. The first-order valence-electron chi connectivity index (χ1n) is 6.33. The molecule has 6 nitrogen and oxygen atoms in total. The number of benzene rings is 1. The molecule has 0 N–H and O–H groups in total. The molecule has 2 aromatic rings. The van der Waals surface area contributed by atoms with Gasteiger partial charge in [0, 0.05) is 19.7 Å². The summed E-state index contributed by atoms with van der Waals surface area (Å²) in [5.74, 6) is 1.03. The second-order valence-electron chi connectivity index (χ2n) is 4.83. The van der Waals surface area contributed by atoms with E-state index in [0.717, 1.165) is 5.56 Å². The molecule has 1 aromatic heterocycles. The van der Waals surface area contributed by atoms with E-state index < -0.39 is 0 Å². The molecule has 2 rings (SSSR count). The number of rotatable bonds is 5. The van der Waals surface area contributed by atoms with Crippen LogP contribution in [0.25, 0.3) is 11.5 Å². The van der Waals surface area contributed by atoms with Crippen LogP contribution < -0.4 is 0 Å². The third-order valence-corrected chi connectivity index (χ3v) is 2.80. The lowest BCUT2D eigenvalue weighted by Crippen LogP contribution is -2.34. The van der Waals surface area contributed by atoms with Gasteiger partial charge in [-0.15, -0.1) is 10.2 Å². The summed E-state index contributed by atoms with van der Waals surface area (Å²) in [5.41, 5.74) is 0.887. The van der Waals surface area contributed by atoms with E-state index in [1.165, 1.54) is 0 Å². The van der Waals surface area contributed by atoms with E-state index in [0.29, 0.717) is 24.9 Å². The van der Waals surface area contributed by atoms with Crippen molar-refractivity contribution in [1.29, 1.82) is 0 Å². The lowest BCUT2D eigenvalue weighted by Gasteiger charge is -2.16. The number of carbonyl (C=O) groups excluding carboxylic acids is 1. The quantitative estimate of drug-likeness (QED) is 0.821. The van der Waals surface area contributed by atoms with Crippen LogP contribution >= 0.6 is 0 Å². The van der Waals surface area contributed by atoms with Crippen molar-refractivity contribution in [3.8, 4) is 11.5 Å². The van der Waals surface area contributed by atoms with Crippen molar-refractivity contribution < 1.29 is 9.21 Å². The first-order chi connectivity index (χ1) is 9.56. The van der Waals surface area contributed by atoms with Gasteiger partial charge in [0.2, 0.25) is 17.7 Å². The Morgan fingerprint density at radius 2 is 1.85 bits per heavy atom. The molecule has 0 atom stereocenters. The Kier molecular flexibility index (Phi) is 4.47. The van der Waals surface area contributed by atoms with E-state index in [9.17, 15) is 4.79 Å². The number of carbonyl (C=O) groups is 1. The van der Waals surface area contributed by atoms with Crippen molar-refractivity contribution in [2.24, 2.45) is 0 Å². The van der Waals surface area contributed by atoms with Gasteiger partial charge in [-0.25, -0.2) is 0 Å². The van der Waals surface area contributed by atoms with E-state index in [1.807, 2.05) is 42.3 Å². The van der Waals surface area contributed by atoms with Gasteiger partial charge in [0.05, 0.1) is 13.1 Å². The first kappa shape index (κ1) is 14.2. The number of hydrogen-bond donors (Lipinski definition) is 0. The molecule has 0 saturated carbocycles. The predicted octanol–water partition coefficient (Wildman–Crippen LogP) is 1.26. The lowest BCUT2D eigenvalue weighted by atomic mass is 10.2. The fourth-order valence-corrected chi connectivity index (χ4v) is 1.67. The summed E-state index contributed by atoms with van der Waals surface area (Å²) in [5, 5.41) is 8.02. The molecule has 1 heterocycles. The van der Waals surface area contributed by atoms with Gasteiger partial charge in [-0.2, -0.15) is 0 Å². The molecule has 0 radical (unpaired) electrons. The highest BCUT2D eigenvalue weighted by atomic mass is 16.4.